The second-order valence-corrected chi connectivity index (χ2v) is 6.26. The molecule has 0 aliphatic carbocycles. The minimum Gasteiger partial charge on any atom is -0.392 e. The smallest absolute Gasteiger partial charge is 0.330 e. The number of nitrogens with one attached hydrogen (secondary N) is 1. The maximum Gasteiger partial charge on any atom is 0.330 e. The number of aromatic nitrogens is 2. The highest BCUT2D eigenvalue weighted by atomic mass is 16.6. The maximum absolute atomic E-state index is 11.7. The number of aromatic amines is 1. The molecule has 1 unspecified atom stereocenters. The van der Waals surface area contributed by atoms with Crippen molar-refractivity contribution >= 4 is 11.9 Å². The van der Waals surface area contributed by atoms with Crippen LogP contribution in [0.2, 0.25) is 0 Å². The van der Waals surface area contributed by atoms with Gasteiger partial charge in [-0.25, -0.2) is 9.78 Å². The van der Waals surface area contributed by atoms with E-state index < -0.39 is 18.0 Å². The molecule has 0 bridgehead atoms. The van der Waals surface area contributed by atoms with E-state index in [-0.39, 0.29) is 12.8 Å². The first kappa shape index (κ1) is 20.4. The molecule has 24 heavy (non-hydrogen) atoms. The Kier molecular flexibility index (Phi) is 10.8. The highest BCUT2D eigenvalue weighted by Crippen LogP contribution is 2.11. The molecule has 0 saturated carbocycles. The van der Waals surface area contributed by atoms with Gasteiger partial charge in [0, 0.05) is 24.7 Å². The normalized spacial score (nSPS) is 12.1. The van der Waals surface area contributed by atoms with Crippen LogP contribution >= 0.6 is 0 Å². The van der Waals surface area contributed by atoms with E-state index in [1.807, 2.05) is 0 Å². The van der Waals surface area contributed by atoms with Crippen molar-refractivity contribution in [3.63, 3.8) is 0 Å². The number of carbonyl (C=O) groups is 2. The van der Waals surface area contributed by atoms with Gasteiger partial charge in [0.05, 0.1) is 6.33 Å². The minimum absolute atomic E-state index is 0.276. The van der Waals surface area contributed by atoms with E-state index in [4.69, 9.17) is 10.5 Å². The van der Waals surface area contributed by atoms with Crippen LogP contribution in [0, 0.1) is 0 Å². The molecule has 1 rings (SSSR count). The minimum atomic E-state index is -0.850. The van der Waals surface area contributed by atoms with Gasteiger partial charge in [0.1, 0.15) is 6.04 Å². The summed E-state index contributed by atoms with van der Waals surface area (Å²) in [6.45, 7) is 2.22. The van der Waals surface area contributed by atoms with E-state index in [0.29, 0.717) is 0 Å². The SMILES string of the molecule is CCCCCCCCCCCC(=O)OC(=O)C(N)Cc1cnc[nH]1. The monoisotopic (exact) mass is 337 g/mol. The van der Waals surface area contributed by atoms with Crippen molar-refractivity contribution in [2.75, 3.05) is 0 Å². The number of hydrogen-bond acceptors (Lipinski definition) is 5. The van der Waals surface area contributed by atoms with Gasteiger partial charge < -0.3 is 15.5 Å². The Morgan fingerprint density at radius 3 is 2.33 bits per heavy atom. The molecule has 0 fully saturated rings. The Hall–Kier alpha value is -1.69. The van der Waals surface area contributed by atoms with E-state index in [1.54, 1.807) is 6.20 Å². The zero-order chi connectivity index (χ0) is 17.6. The van der Waals surface area contributed by atoms with Crippen molar-refractivity contribution in [2.24, 2.45) is 5.73 Å². The lowest BCUT2D eigenvalue weighted by atomic mass is 10.1. The summed E-state index contributed by atoms with van der Waals surface area (Å²) in [7, 11) is 0. The number of nitrogens with zero attached hydrogens (tertiary/aromatic N) is 1. The number of imidazole rings is 1. The first-order valence-corrected chi connectivity index (χ1v) is 9.10. The lowest BCUT2D eigenvalue weighted by molar-refractivity contribution is -0.160. The van der Waals surface area contributed by atoms with Crippen molar-refractivity contribution in [1.29, 1.82) is 0 Å². The average molecular weight is 337 g/mol. The van der Waals surface area contributed by atoms with Crippen LogP contribution in [-0.4, -0.2) is 27.9 Å². The number of hydrogen-bond donors (Lipinski definition) is 2. The van der Waals surface area contributed by atoms with Gasteiger partial charge in [-0.15, -0.1) is 0 Å². The predicted octanol–water partition coefficient (Wildman–Crippen LogP) is 3.27. The molecule has 1 aromatic rings. The summed E-state index contributed by atoms with van der Waals surface area (Å²) < 4.78 is 4.80. The number of nitrogens with two attached hydrogens (primary N) is 1. The number of ether oxygens (including phenoxy) is 1. The molecule has 0 amide bonds. The Balaban J connectivity index is 2.01. The Bertz CT molecular complexity index is 460. The highest BCUT2D eigenvalue weighted by Gasteiger charge is 2.19. The summed E-state index contributed by atoms with van der Waals surface area (Å²) in [6.07, 6.45) is 14.3. The highest BCUT2D eigenvalue weighted by molar-refractivity contribution is 5.88. The molecule has 1 aromatic heterocycles. The van der Waals surface area contributed by atoms with Crippen LogP contribution in [0.1, 0.15) is 76.8 Å². The van der Waals surface area contributed by atoms with Gasteiger partial charge in [-0.2, -0.15) is 0 Å². The molecule has 6 heteroatoms. The lowest BCUT2D eigenvalue weighted by Crippen LogP contribution is -2.35. The quantitative estimate of drug-likeness (QED) is 0.327. The lowest BCUT2D eigenvalue weighted by Gasteiger charge is -2.09. The van der Waals surface area contributed by atoms with Gasteiger partial charge in [0.2, 0.25) is 0 Å². The molecule has 0 saturated heterocycles. The summed E-state index contributed by atoms with van der Waals surface area (Å²) >= 11 is 0. The van der Waals surface area contributed by atoms with Crippen LogP contribution in [0.15, 0.2) is 12.5 Å². The Labute approximate surface area is 144 Å². The molecule has 0 spiro atoms. The van der Waals surface area contributed by atoms with E-state index in [1.165, 1.54) is 44.9 Å². The van der Waals surface area contributed by atoms with Crippen LogP contribution in [-0.2, 0) is 20.7 Å². The fraction of sp³-hybridized carbons (Fsp3) is 0.722. The van der Waals surface area contributed by atoms with Crippen LogP contribution in [0.4, 0.5) is 0 Å². The summed E-state index contributed by atoms with van der Waals surface area (Å²) in [5.41, 5.74) is 6.47. The summed E-state index contributed by atoms with van der Waals surface area (Å²) in [6, 6.07) is -0.850. The van der Waals surface area contributed by atoms with Crippen molar-refractivity contribution in [3.8, 4) is 0 Å². The Morgan fingerprint density at radius 2 is 1.75 bits per heavy atom. The third-order valence-corrected chi connectivity index (χ3v) is 4.00. The maximum atomic E-state index is 11.7. The van der Waals surface area contributed by atoms with Crippen LogP contribution < -0.4 is 5.73 Å². The summed E-state index contributed by atoms with van der Waals surface area (Å²) in [5, 5.41) is 0. The topological polar surface area (TPSA) is 98.1 Å². The van der Waals surface area contributed by atoms with Crippen LogP contribution in [0.25, 0.3) is 0 Å². The Morgan fingerprint density at radius 1 is 1.12 bits per heavy atom. The van der Waals surface area contributed by atoms with Gasteiger partial charge in [-0.1, -0.05) is 58.3 Å². The molecule has 6 nitrogen and oxygen atoms in total. The van der Waals surface area contributed by atoms with E-state index in [0.717, 1.165) is 25.0 Å². The first-order valence-electron chi connectivity index (χ1n) is 9.10. The number of esters is 2. The standard InChI is InChI=1S/C18H31N3O3/c1-2-3-4-5-6-7-8-9-10-11-17(22)24-18(23)16(19)12-15-13-20-14-21-15/h13-14,16H,2-12,19H2,1H3,(H,20,21). The predicted molar refractivity (Wildman–Crippen MR) is 93.2 cm³/mol. The van der Waals surface area contributed by atoms with Gasteiger partial charge in [0.25, 0.3) is 0 Å². The molecular weight excluding hydrogens is 306 g/mol. The van der Waals surface area contributed by atoms with Crippen LogP contribution in [0.3, 0.4) is 0 Å². The van der Waals surface area contributed by atoms with Crippen molar-refractivity contribution < 1.29 is 14.3 Å². The third kappa shape index (κ3) is 9.45. The zero-order valence-corrected chi connectivity index (χ0v) is 14.8. The number of rotatable bonds is 13. The zero-order valence-electron chi connectivity index (χ0n) is 14.8. The first-order chi connectivity index (χ1) is 11.6. The fourth-order valence-corrected chi connectivity index (χ4v) is 2.54. The molecule has 0 aromatic carbocycles. The van der Waals surface area contributed by atoms with E-state index >= 15 is 0 Å². The second kappa shape index (κ2) is 12.7. The molecule has 3 N–H and O–H groups in total. The molecule has 0 aliphatic rings. The summed E-state index contributed by atoms with van der Waals surface area (Å²) in [5.74, 6) is -1.16. The molecule has 1 heterocycles. The fourth-order valence-electron chi connectivity index (χ4n) is 2.54. The molecular formula is C18H31N3O3. The van der Waals surface area contributed by atoms with Crippen LogP contribution in [0.5, 0.6) is 0 Å². The average Bonchev–Trinajstić information content (AvgIpc) is 3.06. The van der Waals surface area contributed by atoms with Crippen molar-refractivity contribution in [1.82, 2.24) is 9.97 Å². The van der Waals surface area contributed by atoms with Gasteiger partial charge in [0.15, 0.2) is 0 Å². The number of unbranched alkanes of at least 4 members (excludes halogenated alkanes) is 8. The largest absolute Gasteiger partial charge is 0.392 e. The van der Waals surface area contributed by atoms with Gasteiger partial charge in [-0.05, 0) is 6.42 Å². The van der Waals surface area contributed by atoms with Crippen molar-refractivity contribution in [3.05, 3.63) is 18.2 Å². The summed E-state index contributed by atoms with van der Waals surface area (Å²) in [4.78, 5) is 30.1. The third-order valence-electron chi connectivity index (χ3n) is 4.00. The van der Waals surface area contributed by atoms with Gasteiger partial charge >= 0.3 is 11.9 Å². The van der Waals surface area contributed by atoms with Crippen molar-refractivity contribution in [2.45, 2.75) is 83.6 Å². The number of H-pyrrole nitrogens is 1. The van der Waals surface area contributed by atoms with E-state index in [9.17, 15) is 9.59 Å². The number of carbonyl (C=O) groups excluding carboxylic acids is 2. The molecule has 0 radical (unpaired) electrons. The molecule has 136 valence electrons. The molecule has 1 atom stereocenters. The van der Waals surface area contributed by atoms with Gasteiger partial charge in [-0.3, -0.25) is 4.79 Å². The second-order valence-electron chi connectivity index (χ2n) is 6.26. The van der Waals surface area contributed by atoms with E-state index in [2.05, 4.69) is 16.9 Å². The molecule has 0 aliphatic heterocycles.